The smallest absolute Gasteiger partial charge is 0.246 e. The lowest BCUT2D eigenvalue weighted by atomic mass is 10.1. The largest absolute Gasteiger partial charge is 0.399 e. The van der Waals surface area contributed by atoms with E-state index in [-0.39, 0.29) is 29.2 Å². The number of hydrogen-bond donors (Lipinski definition) is 1. The monoisotopic (exact) mass is 306 g/mol. The zero-order valence-corrected chi connectivity index (χ0v) is 12.3. The van der Waals surface area contributed by atoms with Crippen LogP contribution >= 0.6 is 0 Å². The molecule has 110 valence electrons. The Morgan fingerprint density at radius 1 is 1.14 bits per heavy atom. The molecular weight excluding hydrogens is 291 g/mol. The van der Waals surface area contributed by atoms with Gasteiger partial charge < -0.3 is 5.73 Å². The van der Waals surface area contributed by atoms with Crippen molar-refractivity contribution in [2.75, 3.05) is 5.73 Å². The maximum absolute atomic E-state index is 14.2. The highest BCUT2D eigenvalue weighted by Crippen LogP contribution is 2.31. The molecule has 4 nitrogen and oxygen atoms in total. The maximum atomic E-state index is 14.2. The van der Waals surface area contributed by atoms with Crippen molar-refractivity contribution in [2.45, 2.75) is 24.9 Å². The summed E-state index contributed by atoms with van der Waals surface area (Å²) in [5.74, 6) is -0.736. The lowest BCUT2D eigenvalue weighted by molar-refractivity contribution is 0.426. The number of halogens is 1. The van der Waals surface area contributed by atoms with Crippen molar-refractivity contribution in [3.05, 3.63) is 58.9 Å². The predicted octanol–water partition coefficient (Wildman–Crippen LogP) is 2.42. The molecule has 0 radical (unpaired) electrons. The quantitative estimate of drug-likeness (QED) is 0.867. The van der Waals surface area contributed by atoms with E-state index >= 15 is 0 Å². The first-order valence-corrected chi connectivity index (χ1v) is 7.96. The second kappa shape index (κ2) is 4.82. The molecule has 0 bridgehead atoms. The van der Waals surface area contributed by atoms with Crippen molar-refractivity contribution in [3.8, 4) is 0 Å². The number of nitrogens with two attached hydrogens (primary N) is 1. The van der Waals surface area contributed by atoms with Crippen LogP contribution in [0.15, 0.2) is 41.3 Å². The minimum atomic E-state index is -3.90. The second-order valence-electron chi connectivity index (χ2n) is 5.19. The first kappa shape index (κ1) is 14.0. The van der Waals surface area contributed by atoms with E-state index < -0.39 is 15.8 Å². The van der Waals surface area contributed by atoms with Crippen LogP contribution in [-0.2, 0) is 23.1 Å². The Morgan fingerprint density at radius 3 is 2.29 bits per heavy atom. The molecule has 0 amide bonds. The van der Waals surface area contributed by atoms with Crippen LogP contribution in [0, 0.1) is 12.7 Å². The molecule has 0 saturated heterocycles. The van der Waals surface area contributed by atoms with Gasteiger partial charge in [0.1, 0.15) is 10.7 Å². The third-order valence-corrected chi connectivity index (χ3v) is 5.46. The van der Waals surface area contributed by atoms with Crippen LogP contribution in [0.25, 0.3) is 0 Å². The van der Waals surface area contributed by atoms with E-state index in [4.69, 9.17) is 5.73 Å². The van der Waals surface area contributed by atoms with Gasteiger partial charge in [-0.25, -0.2) is 12.8 Å². The predicted molar refractivity (Wildman–Crippen MR) is 78.4 cm³/mol. The van der Waals surface area contributed by atoms with Gasteiger partial charge in [0.2, 0.25) is 10.0 Å². The topological polar surface area (TPSA) is 63.4 Å². The lowest BCUT2D eigenvalue weighted by Gasteiger charge is -2.17. The molecule has 3 rings (SSSR count). The average Bonchev–Trinajstić information content (AvgIpc) is 2.87. The molecule has 0 spiro atoms. The molecule has 0 saturated carbocycles. The van der Waals surface area contributed by atoms with Gasteiger partial charge in [-0.05, 0) is 35.7 Å². The van der Waals surface area contributed by atoms with E-state index in [9.17, 15) is 12.8 Å². The van der Waals surface area contributed by atoms with Gasteiger partial charge >= 0.3 is 0 Å². The summed E-state index contributed by atoms with van der Waals surface area (Å²) in [6.07, 6.45) is 0. The van der Waals surface area contributed by atoms with E-state index in [1.165, 1.54) is 23.4 Å². The number of sulfonamides is 1. The molecular formula is C15H15FN2O2S. The van der Waals surface area contributed by atoms with Crippen molar-refractivity contribution in [2.24, 2.45) is 0 Å². The van der Waals surface area contributed by atoms with Crippen LogP contribution in [0.4, 0.5) is 10.1 Å². The molecule has 6 heteroatoms. The van der Waals surface area contributed by atoms with Crippen molar-refractivity contribution in [3.63, 3.8) is 0 Å². The van der Waals surface area contributed by atoms with E-state index in [1.807, 2.05) is 24.3 Å². The molecule has 0 fully saturated rings. The minimum Gasteiger partial charge on any atom is -0.399 e. The Hall–Kier alpha value is -1.92. The molecule has 0 aliphatic carbocycles. The molecule has 1 aliphatic rings. The highest BCUT2D eigenvalue weighted by atomic mass is 32.2. The Balaban J connectivity index is 2.04. The molecule has 2 N–H and O–H groups in total. The molecule has 0 atom stereocenters. The van der Waals surface area contributed by atoms with E-state index in [0.29, 0.717) is 0 Å². The zero-order valence-electron chi connectivity index (χ0n) is 11.5. The second-order valence-corrected chi connectivity index (χ2v) is 7.10. The highest BCUT2D eigenvalue weighted by Gasteiger charge is 2.32. The number of anilines is 1. The van der Waals surface area contributed by atoms with Crippen LogP contribution < -0.4 is 5.73 Å². The van der Waals surface area contributed by atoms with Crippen LogP contribution in [0.3, 0.4) is 0 Å². The van der Waals surface area contributed by atoms with Gasteiger partial charge in [0.05, 0.1) is 0 Å². The van der Waals surface area contributed by atoms with Crippen molar-refractivity contribution >= 4 is 15.7 Å². The third kappa shape index (κ3) is 2.30. The van der Waals surface area contributed by atoms with Gasteiger partial charge in [0, 0.05) is 18.8 Å². The van der Waals surface area contributed by atoms with Crippen molar-refractivity contribution in [1.29, 1.82) is 0 Å². The number of nitrogens with zero attached hydrogens (tertiary/aromatic N) is 1. The number of rotatable bonds is 2. The molecule has 1 aliphatic heterocycles. The molecule has 1 heterocycles. The zero-order chi connectivity index (χ0) is 15.2. The average molecular weight is 306 g/mol. The number of nitrogen functional groups attached to an aromatic ring is 1. The summed E-state index contributed by atoms with van der Waals surface area (Å²) in [6, 6.07) is 10.1. The normalized spacial score (nSPS) is 15.1. The van der Waals surface area contributed by atoms with Crippen LogP contribution in [0.1, 0.15) is 16.7 Å². The fourth-order valence-corrected chi connectivity index (χ4v) is 4.13. The molecule has 2 aromatic rings. The summed E-state index contributed by atoms with van der Waals surface area (Å²) in [5, 5.41) is 0. The minimum absolute atomic E-state index is 0.227. The van der Waals surface area contributed by atoms with Crippen LogP contribution in [0.2, 0.25) is 0 Å². The standard InChI is InChI=1S/C15H15FN2O2S/c1-10-6-13(17)7-14(15(10)16)21(19,20)18-8-11-4-2-3-5-12(11)9-18/h2-7H,8-9,17H2,1H3. The van der Waals surface area contributed by atoms with Gasteiger partial charge in [-0.1, -0.05) is 24.3 Å². The summed E-state index contributed by atoms with van der Waals surface area (Å²) in [6.45, 7) is 2.01. The van der Waals surface area contributed by atoms with Gasteiger partial charge in [-0.3, -0.25) is 0 Å². The summed E-state index contributed by atoms with van der Waals surface area (Å²) in [5.41, 5.74) is 8.02. The Kier molecular flexibility index (Phi) is 3.22. The first-order valence-electron chi connectivity index (χ1n) is 6.52. The van der Waals surface area contributed by atoms with Crippen molar-refractivity contribution < 1.29 is 12.8 Å². The fourth-order valence-electron chi connectivity index (χ4n) is 2.56. The summed E-state index contributed by atoms with van der Waals surface area (Å²) in [4.78, 5) is -0.354. The summed E-state index contributed by atoms with van der Waals surface area (Å²) in [7, 11) is -3.90. The first-order chi connectivity index (χ1) is 9.89. The Morgan fingerprint density at radius 2 is 1.71 bits per heavy atom. The number of hydrogen-bond acceptors (Lipinski definition) is 3. The third-order valence-electron chi connectivity index (χ3n) is 3.67. The number of aryl methyl sites for hydroxylation is 1. The molecule has 0 unspecified atom stereocenters. The number of fused-ring (bicyclic) bond motifs is 1. The summed E-state index contributed by atoms with van der Waals surface area (Å²) >= 11 is 0. The highest BCUT2D eigenvalue weighted by molar-refractivity contribution is 7.89. The number of benzene rings is 2. The van der Waals surface area contributed by atoms with E-state index in [1.54, 1.807) is 0 Å². The van der Waals surface area contributed by atoms with Gasteiger partial charge in [0.25, 0.3) is 0 Å². The Bertz CT molecular complexity index is 793. The maximum Gasteiger partial charge on any atom is 0.246 e. The lowest BCUT2D eigenvalue weighted by Crippen LogP contribution is -2.26. The van der Waals surface area contributed by atoms with Crippen LogP contribution in [-0.4, -0.2) is 12.7 Å². The van der Waals surface area contributed by atoms with E-state index in [2.05, 4.69) is 0 Å². The van der Waals surface area contributed by atoms with Gasteiger partial charge in [-0.15, -0.1) is 0 Å². The van der Waals surface area contributed by atoms with Crippen molar-refractivity contribution in [1.82, 2.24) is 4.31 Å². The van der Waals surface area contributed by atoms with Gasteiger partial charge in [0.15, 0.2) is 0 Å². The molecule has 2 aromatic carbocycles. The van der Waals surface area contributed by atoms with Crippen LogP contribution in [0.5, 0.6) is 0 Å². The molecule has 0 aromatic heterocycles. The fraction of sp³-hybridized carbons (Fsp3) is 0.200. The SMILES string of the molecule is Cc1cc(N)cc(S(=O)(=O)N2Cc3ccccc3C2)c1F. The van der Waals surface area contributed by atoms with Gasteiger partial charge in [-0.2, -0.15) is 4.31 Å². The van der Waals surface area contributed by atoms with E-state index in [0.717, 1.165) is 11.1 Å². The molecule has 21 heavy (non-hydrogen) atoms. The summed E-state index contributed by atoms with van der Waals surface area (Å²) < 4.78 is 40.8. The Labute approximate surface area is 123 Å².